The molecule has 0 radical (unpaired) electrons. The molecular weight excluding hydrogens is 198 g/mol. The molecule has 0 spiro atoms. The van der Waals surface area contributed by atoms with Crippen molar-refractivity contribution in [3.63, 3.8) is 0 Å². The molecule has 1 aliphatic heterocycles. The van der Waals surface area contributed by atoms with Gasteiger partial charge in [-0.2, -0.15) is 0 Å². The molecule has 1 atom stereocenters. The first-order valence-corrected chi connectivity index (χ1v) is 6.33. The topological polar surface area (TPSA) is 20.3 Å². The number of rotatable bonds is 1. The van der Waals surface area contributed by atoms with E-state index in [2.05, 4.69) is 27.7 Å². The van der Waals surface area contributed by atoms with E-state index in [1.54, 1.807) is 0 Å². The van der Waals surface area contributed by atoms with Crippen LogP contribution in [-0.2, 0) is 4.79 Å². The molecular formula is C14H27NO. The van der Waals surface area contributed by atoms with Crippen molar-refractivity contribution < 1.29 is 4.79 Å². The summed E-state index contributed by atoms with van der Waals surface area (Å²) in [4.78, 5) is 14.0. The van der Waals surface area contributed by atoms with E-state index >= 15 is 0 Å². The van der Waals surface area contributed by atoms with Crippen molar-refractivity contribution in [2.24, 2.45) is 22.7 Å². The summed E-state index contributed by atoms with van der Waals surface area (Å²) >= 11 is 0. The Morgan fingerprint density at radius 2 is 1.56 bits per heavy atom. The van der Waals surface area contributed by atoms with Crippen molar-refractivity contribution in [1.82, 2.24) is 4.90 Å². The molecule has 1 fully saturated rings. The number of hydrogen-bond donors (Lipinski definition) is 0. The van der Waals surface area contributed by atoms with Crippen LogP contribution in [0.3, 0.4) is 0 Å². The third-order valence-electron chi connectivity index (χ3n) is 3.91. The summed E-state index contributed by atoms with van der Waals surface area (Å²) in [5, 5.41) is 0. The van der Waals surface area contributed by atoms with Crippen LogP contribution in [0.4, 0.5) is 0 Å². The van der Waals surface area contributed by atoms with E-state index in [9.17, 15) is 4.79 Å². The molecule has 0 N–H and O–H groups in total. The van der Waals surface area contributed by atoms with Crippen LogP contribution in [0.2, 0.25) is 0 Å². The summed E-state index contributed by atoms with van der Waals surface area (Å²) in [5.41, 5.74) is 0.122. The molecule has 1 amide bonds. The van der Waals surface area contributed by atoms with Gasteiger partial charge in [-0.3, -0.25) is 4.79 Å². The van der Waals surface area contributed by atoms with Crippen molar-refractivity contribution in [2.75, 3.05) is 13.1 Å². The third kappa shape index (κ3) is 2.78. The maximum Gasteiger partial charge on any atom is 0.227 e. The van der Waals surface area contributed by atoms with Gasteiger partial charge in [0.2, 0.25) is 5.91 Å². The summed E-state index contributed by atoms with van der Waals surface area (Å²) in [7, 11) is 0. The van der Waals surface area contributed by atoms with Gasteiger partial charge in [-0.05, 0) is 17.3 Å². The van der Waals surface area contributed by atoms with E-state index in [1.165, 1.54) is 0 Å². The molecule has 94 valence electrons. The van der Waals surface area contributed by atoms with Crippen LogP contribution in [0.5, 0.6) is 0 Å². The zero-order valence-electron chi connectivity index (χ0n) is 11.9. The van der Waals surface area contributed by atoms with E-state index in [-0.39, 0.29) is 5.41 Å². The van der Waals surface area contributed by atoms with E-state index in [0.717, 1.165) is 13.1 Å². The molecule has 1 rings (SSSR count). The zero-order chi connectivity index (χ0) is 12.7. The minimum atomic E-state index is -0.226. The Morgan fingerprint density at radius 3 is 1.88 bits per heavy atom. The molecule has 0 saturated carbocycles. The smallest absolute Gasteiger partial charge is 0.227 e. The van der Waals surface area contributed by atoms with Crippen molar-refractivity contribution in [1.29, 1.82) is 0 Å². The summed E-state index contributed by atoms with van der Waals surface area (Å²) in [6, 6.07) is 0. The molecule has 1 aliphatic rings. The predicted molar refractivity (Wildman–Crippen MR) is 68.1 cm³/mol. The lowest BCUT2D eigenvalue weighted by atomic mass is 9.71. The SMILES string of the molecule is CC(C1CN(C(=O)C(C)(C)C)C1)C(C)(C)C. The lowest BCUT2D eigenvalue weighted by Crippen LogP contribution is -2.56. The Kier molecular flexibility index (Phi) is 3.42. The predicted octanol–water partition coefficient (Wildman–Crippen LogP) is 3.17. The number of nitrogens with zero attached hydrogens (tertiary/aromatic N) is 1. The van der Waals surface area contributed by atoms with E-state index in [0.29, 0.717) is 23.2 Å². The monoisotopic (exact) mass is 225 g/mol. The molecule has 0 aromatic rings. The van der Waals surface area contributed by atoms with Crippen LogP contribution < -0.4 is 0 Å². The molecule has 1 saturated heterocycles. The van der Waals surface area contributed by atoms with Crippen molar-refractivity contribution in [3.8, 4) is 0 Å². The fourth-order valence-corrected chi connectivity index (χ4v) is 2.18. The average molecular weight is 225 g/mol. The van der Waals surface area contributed by atoms with Crippen LogP contribution in [0.15, 0.2) is 0 Å². The minimum absolute atomic E-state index is 0.226. The minimum Gasteiger partial charge on any atom is -0.342 e. The van der Waals surface area contributed by atoms with Crippen LogP contribution in [-0.4, -0.2) is 23.9 Å². The molecule has 16 heavy (non-hydrogen) atoms. The first-order chi connectivity index (χ1) is 7.03. The van der Waals surface area contributed by atoms with Crippen molar-refractivity contribution in [2.45, 2.75) is 48.5 Å². The molecule has 2 heteroatoms. The largest absolute Gasteiger partial charge is 0.342 e. The van der Waals surface area contributed by atoms with E-state index in [1.807, 2.05) is 25.7 Å². The lowest BCUT2D eigenvalue weighted by molar-refractivity contribution is -0.148. The first kappa shape index (κ1) is 13.5. The fraction of sp³-hybridized carbons (Fsp3) is 0.929. The van der Waals surface area contributed by atoms with Gasteiger partial charge in [-0.15, -0.1) is 0 Å². The summed E-state index contributed by atoms with van der Waals surface area (Å²) < 4.78 is 0. The van der Waals surface area contributed by atoms with Gasteiger partial charge in [-0.25, -0.2) is 0 Å². The van der Waals surface area contributed by atoms with Gasteiger partial charge in [0, 0.05) is 18.5 Å². The molecule has 0 bridgehead atoms. The molecule has 0 aromatic heterocycles. The van der Waals surface area contributed by atoms with Gasteiger partial charge in [-0.1, -0.05) is 48.5 Å². The highest BCUT2D eigenvalue weighted by Gasteiger charge is 2.41. The van der Waals surface area contributed by atoms with Crippen LogP contribution in [0, 0.1) is 22.7 Å². The van der Waals surface area contributed by atoms with Crippen LogP contribution >= 0.6 is 0 Å². The normalized spacial score (nSPS) is 20.6. The Labute approximate surface area is 100 Å². The molecule has 2 nitrogen and oxygen atoms in total. The zero-order valence-corrected chi connectivity index (χ0v) is 11.9. The third-order valence-corrected chi connectivity index (χ3v) is 3.91. The van der Waals surface area contributed by atoms with Gasteiger partial charge >= 0.3 is 0 Å². The summed E-state index contributed by atoms with van der Waals surface area (Å²) in [6.45, 7) is 17.1. The summed E-state index contributed by atoms with van der Waals surface area (Å²) in [6.07, 6.45) is 0. The van der Waals surface area contributed by atoms with Gasteiger partial charge in [0.1, 0.15) is 0 Å². The van der Waals surface area contributed by atoms with Crippen LogP contribution in [0.1, 0.15) is 48.5 Å². The number of amides is 1. The van der Waals surface area contributed by atoms with E-state index < -0.39 is 0 Å². The van der Waals surface area contributed by atoms with Gasteiger partial charge in [0.15, 0.2) is 0 Å². The molecule has 0 aromatic carbocycles. The van der Waals surface area contributed by atoms with Gasteiger partial charge < -0.3 is 4.90 Å². The second-order valence-electron chi connectivity index (χ2n) is 7.37. The highest BCUT2D eigenvalue weighted by molar-refractivity contribution is 5.82. The Bertz CT molecular complexity index is 263. The van der Waals surface area contributed by atoms with E-state index in [4.69, 9.17) is 0 Å². The first-order valence-electron chi connectivity index (χ1n) is 6.33. The van der Waals surface area contributed by atoms with Crippen molar-refractivity contribution in [3.05, 3.63) is 0 Å². The molecule has 0 aliphatic carbocycles. The number of carbonyl (C=O) groups is 1. The maximum atomic E-state index is 12.0. The summed E-state index contributed by atoms with van der Waals surface area (Å²) in [5.74, 6) is 1.66. The second-order valence-corrected chi connectivity index (χ2v) is 7.37. The number of carbonyl (C=O) groups excluding carboxylic acids is 1. The van der Waals surface area contributed by atoms with Crippen molar-refractivity contribution >= 4 is 5.91 Å². The van der Waals surface area contributed by atoms with Crippen LogP contribution in [0.25, 0.3) is 0 Å². The Hall–Kier alpha value is -0.530. The Balaban J connectivity index is 2.48. The standard InChI is InChI=1S/C14H27NO/c1-10(13(2,3)4)11-8-15(9-11)12(16)14(5,6)7/h10-11H,8-9H2,1-7H3. The average Bonchev–Trinajstić information content (AvgIpc) is 1.97. The highest BCUT2D eigenvalue weighted by Crippen LogP contribution is 2.37. The fourth-order valence-electron chi connectivity index (χ4n) is 2.18. The lowest BCUT2D eigenvalue weighted by Gasteiger charge is -2.48. The van der Waals surface area contributed by atoms with Gasteiger partial charge in [0.25, 0.3) is 0 Å². The highest BCUT2D eigenvalue weighted by atomic mass is 16.2. The number of likely N-dealkylation sites (tertiary alicyclic amines) is 1. The maximum absolute atomic E-state index is 12.0. The number of hydrogen-bond acceptors (Lipinski definition) is 1. The second kappa shape index (κ2) is 4.05. The quantitative estimate of drug-likeness (QED) is 0.671. The molecule has 1 unspecified atom stereocenters. The van der Waals surface area contributed by atoms with Gasteiger partial charge in [0.05, 0.1) is 0 Å². The Morgan fingerprint density at radius 1 is 1.12 bits per heavy atom. The molecule has 1 heterocycles.